The second-order valence-corrected chi connectivity index (χ2v) is 3.82. The number of hydrogen-bond donors (Lipinski definition) is 0. The molecule has 1 aromatic heterocycles. The third-order valence-corrected chi connectivity index (χ3v) is 2.61. The summed E-state index contributed by atoms with van der Waals surface area (Å²) in [7, 11) is 0. The van der Waals surface area contributed by atoms with Crippen molar-refractivity contribution in [1.29, 1.82) is 0 Å². The summed E-state index contributed by atoms with van der Waals surface area (Å²) in [6.07, 6.45) is 1.49. The van der Waals surface area contributed by atoms with E-state index in [-0.39, 0.29) is 17.6 Å². The van der Waals surface area contributed by atoms with Crippen LogP contribution in [0.4, 0.5) is 8.78 Å². The van der Waals surface area contributed by atoms with Gasteiger partial charge in [-0.2, -0.15) is 9.37 Å². The molecule has 1 heterocycles. The van der Waals surface area contributed by atoms with Crippen LogP contribution in [0.2, 0.25) is 0 Å². The Morgan fingerprint density at radius 1 is 1.33 bits per heavy atom. The van der Waals surface area contributed by atoms with Gasteiger partial charge in [-0.25, -0.2) is 9.37 Å². The highest BCUT2D eigenvalue weighted by Crippen LogP contribution is 2.24. The Kier molecular flexibility index (Phi) is 3.72. The molecule has 0 aliphatic carbocycles. The summed E-state index contributed by atoms with van der Waals surface area (Å²) in [6, 6.07) is 3.59. The Bertz CT molecular complexity index is 578. The topological polar surface area (TPSA) is 35.0 Å². The Labute approximate surface area is 107 Å². The molecule has 0 N–H and O–H groups in total. The molecule has 0 saturated carbocycles. The molecular formula is C12H9ClF2N2O. The van der Waals surface area contributed by atoms with Gasteiger partial charge in [0.05, 0.1) is 5.88 Å². The van der Waals surface area contributed by atoms with E-state index < -0.39 is 11.6 Å². The van der Waals surface area contributed by atoms with Crippen LogP contribution in [0.3, 0.4) is 0 Å². The van der Waals surface area contributed by atoms with Crippen molar-refractivity contribution in [1.82, 2.24) is 9.97 Å². The Morgan fingerprint density at radius 2 is 2.11 bits per heavy atom. The lowest BCUT2D eigenvalue weighted by Crippen LogP contribution is -1.99. The van der Waals surface area contributed by atoms with Crippen molar-refractivity contribution < 1.29 is 13.5 Å². The molecule has 0 aliphatic rings. The van der Waals surface area contributed by atoms with Gasteiger partial charge in [-0.15, -0.1) is 11.6 Å². The summed E-state index contributed by atoms with van der Waals surface area (Å²) >= 11 is 5.66. The lowest BCUT2D eigenvalue weighted by molar-refractivity contribution is 0.392. The summed E-state index contributed by atoms with van der Waals surface area (Å²) in [5, 5.41) is 0. The van der Waals surface area contributed by atoms with Gasteiger partial charge >= 0.3 is 6.01 Å². The predicted molar refractivity (Wildman–Crippen MR) is 62.8 cm³/mol. The zero-order valence-corrected chi connectivity index (χ0v) is 10.2. The third-order valence-electron chi connectivity index (χ3n) is 2.32. The summed E-state index contributed by atoms with van der Waals surface area (Å²) in [5.74, 6) is -2.03. The number of benzene rings is 1. The van der Waals surface area contributed by atoms with Crippen molar-refractivity contribution in [2.45, 2.75) is 12.8 Å². The molecule has 0 atom stereocenters. The van der Waals surface area contributed by atoms with E-state index in [4.69, 9.17) is 16.3 Å². The molecule has 0 amide bonds. The highest BCUT2D eigenvalue weighted by Gasteiger charge is 2.11. The maximum atomic E-state index is 13.4. The van der Waals surface area contributed by atoms with Crippen LogP contribution in [-0.4, -0.2) is 9.97 Å². The molecule has 1 aromatic carbocycles. The fourth-order valence-corrected chi connectivity index (χ4v) is 1.57. The average molecular weight is 271 g/mol. The summed E-state index contributed by atoms with van der Waals surface area (Å²) < 4.78 is 31.4. The molecule has 2 aromatic rings. The number of alkyl halides is 1. The van der Waals surface area contributed by atoms with Crippen LogP contribution in [0.1, 0.15) is 11.3 Å². The molecule has 0 unspecified atom stereocenters. The van der Waals surface area contributed by atoms with Crippen molar-refractivity contribution in [3.8, 4) is 11.8 Å². The van der Waals surface area contributed by atoms with Crippen LogP contribution in [0.5, 0.6) is 11.8 Å². The summed E-state index contributed by atoms with van der Waals surface area (Å²) in [6.45, 7) is 1.73. The molecule has 3 nitrogen and oxygen atoms in total. The molecule has 0 radical (unpaired) electrons. The van der Waals surface area contributed by atoms with E-state index in [0.29, 0.717) is 5.69 Å². The van der Waals surface area contributed by atoms with Crippen LogP contribution < -0.4 is 4.74 Å². The molecule has 0 spiro atoms. The fourth-order valence-electron chi connectivity index (χ4n) is 1.31. The van der Waals surface area contributed by atoms with Gasteiger partial charge in [0.2, 0.25) is 5.82 Å². The van der Waals surface area contributed by atoms with E-state index in [9.17, 15) is 8.78 Å². The van der Waals surface area contributed by atoms with Crippen molar-refractivity contribution in [3.63, 3.8) is 0 Å². The van der Waals surface area contributed by atoms with Crippen LogP contribution in [0, 0.1) is 18.6 Å². The van der Waals surface area contributed by atoms with Crippen molar-refractivity contribution >= 4 is 11.6 Å². The van der Waals surface area contributed by atoms with E-state index in [2.05, 4.69) is 9.97 Å². The van der Waals surface area contributed by atoms with Gasteiger partial charge in [-0.05, 0) is 19.1 Å². The Hall–Kier alpha value is -1.75. The highest BCUT2D eigenvalue weighted by atomic mass is 35.5. The molecule has 6 heteroatoms. The van der Waals surface area contributed by atoms with Crippen molar-refractivity contribution in [3.05, 3.63) is 47.3 Å². The number of hydrogen-bond acceptors (Lipinski definition) is 3. The SMILES string of the molecule is Cc1nc(Oc2cccc(F)c2F)ncc1CCl. The van der Waals surface area contributed by atoms with E-state index >= 15 is 0 Å². The number of aryl methyl sites for hydroxylation is 1. The number of nitrogens with zero attached hydrogens (tertiary/aromatic N) is 2. The van der Waals surface area contributed by atoms with Crippen LogP contribution in [0.25, 0.3) is 0 Å². The minimum atomic E-state index is -1.07. The molecule has 0 saturated heterocycles. The largest absolute Gasteiger partial charge is 0.421 e. The quantitative estimate of drug-likeness (QED) is 0.800. The first-order valence-corrected chi connectivity index (χ1v) is 5.65. The minimum Gasteiger partial charge on any atom is -0.421 e. The molecule has 18 heavy (non-hydrogen) atoms. The van der Waals surface area contributed by atoms with Crippen LogP contribution in [-0.2, 0) is 5.88 Å². The van der Waals surface area contributed by atoms with E-state index in [1.54, 1.807) is 6.92 Å². The van der Waals surface area contributed by atoms with E-state index in [0.717, 1.165) is 11.6 Å². The van der Waals surface area contributed by atoms with Gasteiger partial charge in [-0.1, -0.05) is 6.07 Å². The number of ether oxygens (including phenoxy) is 1. The standard InChI is InChI=1S/C12H9ClF2N2O/c1-7-8(5-13)6-16-12(17-7)18-10-4-2-3-9(14)11(10)15/h2-4,6H,5H2,1H3. The molecular weight excluding hydrogens is 262 g/mol. The number of halogens is 3. The highest BCUT2D eigenvalue weighted by molar-refractivity contribution is 6.17. The maximum Gasteiger partial charge on any atom is 0.322 e. The first kappa shape index (κ1) is 12.7. The van der Waals surface area contributed by atoms with Crippen LogP contribution in [0.15, 0.2) is 24.4 Å². The molecule has 0 fully saturated rings. The summed E-state index contributed by atoms with van der Waals surface area (Å²) in [5.41, 5.74) is 1.38. The third kappa shape index (κ3) is 2.56. The minimum absolute atomic E-state index is 0.0501. The summed E-state index contributed by atoms with van der Waals surface area (Å²) in [4.78, 5) is 7.87. The van der Waals surface area contributed by atoms with Gasteiger partial charge < -0.3 is 4.74 Å². The van der Waals surface area contributed by atoms with Gasteiger partial charge in [0.15, 0.2) is 11.6 Å². The Balaban J connectivity index is 2.29. The zero-order valence-electron chi connectivity index (χ0n) is 9.45. The normalized spacial score (nSPS) is 10.4. The van der Waals surface area contributed by atoms with Gasteiger partial charge in [0.25, 0.3) is 0 Å². The van der Waals surface area contributed by atoms with Crippen molar-refractivity contribution in [2.24, 2.45) is 0 Å². The molecule has 94 valence electrons. The predicted octanol–water partition coefficient (Wildman–Crippen LogP) is 3.59. The first-order valence-electron chi connectivity index (χ1n) is 5.12. The lowest BCUT2D eigenvalue weighted by Gasteiger charge is -2.07. The van der Waals surface area contributed by atoms with Gasteiger partial charge in [-0.3, -0.25) is 0 Å². The first-order chi connectivity index (χ1) is 8.61. The molecule has 0 aliphatic heterocycles. The lowest BCUT2D eigenvalue weighted by atomic mass is 10.3. The second-order valence-electron chi connectivity index (χ2n) is 3.55. The maximum absolute atomic E-state index is 13.4. The smallest absolute Gasteiger partial charge is 0.322 e. The van der Waals surface area contributed by atoms with Crippen molar-refractivity contribution in [2.75, 3.05) is 0 Å². The van der Waals surface area contributed by atoms with Gasteiger partial charge in [0.1, 0.15) is 0 Å². The van der Waals surface area contributed by atoms with Gasteiger partial charge in [0, 0.05) is 17.5 Å². The fraction of sp³-hybridized carbons (Fsp3) is 0.167. The van der Waals surface area contributed by atoms with Crippen LogP contribution >= 0.6 is 11.6 Å². The number of aromatic nitrogens is 2. The number of rotatable bonds is 3. The average Bonchev–Trinajstić information content (AvgIpc) is 2.35. The van der Waals surface area contributed by atoms with E-state index in [1.807, 2.05) is 0 Å². The molecule has 2 rings (SSSR count). The monoisotopic (exact) mass is 270 g/mol. The second kappa shape index (κ2) is 5.27. The zero-order chi connectivity index (χ0) is 13.1. The van der Waals surface area contributed by atoms with E-state index in [1.165, 1.54) is 18.3 Å². The molecule has 0 bridgehead atoms. The Morgan fingerprint density at radius 3 is 2.78 bits per heavy atom.